The number of hydrogen-bond donors (Lipinski definition) is 2. The number of aromatic nitrogens is 1. The zero-order valence-corrected chi connectivity index (χ0v) is 13.2. The molecule has 1 aromatic heterocycles. The molecule has 6 nitrogen and oxygen atoms in total. The van der Waals surface area contributed by atoms with E-state index >= 15 is 0 Å². The second-order valence-electron chi connectivity index (χ2n) is 6.52. The number of carbonyl (C=O) groups is 3. The smallest absolute Gasteiger partial charge is 0.249 e. The van der Waals surface area contributed by atoms with Crippen LogP contribution in [0.5, 0.6) is 0 Å². The Morgan fingerprint density at radius 1 is 1.21 bits per heavy atom. The Kier molecular flexibility index (Phi) is 3.59. The molecule has 2 N–H and O–H groups in total. The van der Waals surface area contributed by atoms with Gasteiger partial charge in [-0.2, -0.15) is 0 Å². The van der Waals surface area contributed by atoms with Crippen LogP contribution in [0.2, 0.25) is 0 Å². The van der Waals surface area contributed by atoms with Crippen LogP contribution in [-0.4, -0.2) is 39.7 Å². The van der Waals surface area contributed by atoms with Crippen molar-refractivity contribution in [3.05, 3.63) is 36.0 Å². The molecule has 4 rings (SSSR count). The zero-order chi connectivity index (χ0) is 16.7. The van der Waals surface area contributed by atoms with Crippen molar-refractivity contribution in [1.29, 1.82) is 0 Å². The number of amides is 3. The summed E-state index contributed by atoms with van der Waals surface area (Å²) in [4.78, 5) is 41.0. The van der Waals surface area contributed by atoms with Gasteiger partial charge in [0.1, 0.15) is 6.04 Å². The number of H-pyrrole nitrogens is 1. The molecule has 3 amide bonds. The van der Waals surface area contributed by atoms with Gasteiger partial charge in [-0.3, -0.25) is 19.7 Å². The highest BCUT2D eigenvalue weighted by atomic mass is 16.2. The minimum atomic E-state index is -0.625. The Morgan fingerprint density at radius 3 is 2.71 bits per heavy atom. The molecular formula is C18H19N3O3. The quantitative estimate of drug-likeness (QED) is 0.818. The SMILES string of the molecule is O=C1C[C@@H](N(C(=O)CCc2c[nH]c3ccccc23)C2CC2)C(=O)N1. The van der Waals surface area contributed by atoms with Crippen LogP contribution in [0.15, 0.2) is 30.5 Å². The van der Waals surface area contributed by atoms with Gasteiger partial charge in [-0.05, 0) is 30.9 Å². The summed E-state index contributed by atoms with van der Waals surface area (Å²) in [6.45, 7) is 0. The lowest BCUT2D eigenvalue weighted by Crippen LogP contribution is -2.46. The normalized spacial score (nSPS) is 20.4. The lowest BCUT2D eigenvalue weighted by molar-refractivity contribution is -0.139. The molecule has 1 saturated carbocycles. The maximum atomic E-state index is 12.7. The number of rotatable bonds is 5. The third-order valence-corrected chi connectivity index (χ3v) is 4.79. The van der Waals surface area contributed by atoms with Crippen molar-refractivity contribution >= 4 is 28.6 Å². The number of hydrogen-bond acceptors (Lipinski definition) is 3. The van der Waals surface area contributed by atoms with E-state index in [1.165, 1.54) is 0 Å². The fourth-order valence-electron chi connectivity index (χ4n) is 3.46. The van der Waals surface area contributed by atoms with Crippen LogP contribution >= 0.6 is 0 Å². The highest BCUT2D eigenvalue weighted by Gasteiger charge is 2.44. The first-order valence-electron chi connectivity index (χ1n) is 8.33. The molecule has 1 aliphatic heterocycles. The number of aryl methyl sites for hydroxylation is 1. The highest BCUT2D eigenvalue weighted by molar-refractivity contribution is 6.06. The molecule has 6 heteroatoms. The standard InChI is InChI=1S/C18H19N3O3/c22-16-9-15(18(24)20-16)21(12-6-7-12)17(23)8-5-11-10-19-14-4-2-1-3-13(11)14/h1-4,10,12,15,19H,5-9H2,(H,20,22,24)/t15-/m1/s1. The third-order valence-electron chi connectivity index (χ3n) is 4.79. The fourth-order valence-corrected chi connectivity index (χ4v) is 3.46. The van der Waals surface area contributed by atoms with Gasteiger partial charge in [-0.1, -0.05) is 18.2 Å². The Labute approximate surface area is 139 Å². The van der Waals surface area contributed by atoms with Gasteiger partial charge < -0.3 is 9.88 Å². The number of aromatic amines is 1. The molecule has 24 heavy (non-hydrogen) atoms. The van der Waals surface area contributed by atoms with Crippen molar-refractivity contribution < 1.29 is 14.4 Å². The first kappa shape index (κ1) is 14.9. The van der Waals surface area contributed by atoms with E-state index in [-0.39, 0.29) is 30.2 Å². The maximum Gasteiger partial charge on any atom is 0.249 e. The summed E-state index contributed by atoms with van der Waals surface area (Å²) in [6.07, 6.45) is 4.82. The van der Waals surface area contributed by atoms with Crippen molar-refractivity contribution in [3.63, 3.8) is 0 Å². The van der Waals surface area contributed by atoms with E-state index in [9.17, 15) is 14.4 Å². The van der Waals surface area contributed by atoms with Crippen LogP contribution in [-0.2, 0) is 20.8 Å². The first-order chi connectivity index (χ1) is 11.6. The summed E-state index contributed by atoms with van der Waals surface area (Å²) in [5.74, 6) is -0.676. The monoisotopic (exact) mass is 325 g/mol. The van der Waals surface area contributed by atoms with E-state index in [0.717, 1.165) is 29.3 Å². The van der Waals surface area contributed by atoms with Crippen molar-refractivity contribution in [2.45, 2.75) is 44.2 Å². The molecule has 2 fully saturated rings. The van der Waals surface area contributed by atoms with Crippen LogP contribution in [0.3, 0.4) is 0 Å². The van der Waals surface area contributed by atoms with E-state index in [1.807, 2.05) is 30.5 Å². The highest BCUT2D eigenvalue weighted by Crippen LogP contribution is 2.32. The third kappa shape index (κ3) is 2.68. The van der Waals surface area contributed by atoms with Gasteiger partial charge in [0, 0.05) is 29.6 Å². The average Bonchev–Trinajstić information content (AvgIpc) is 3.22. The number of fused-ring (bicyclic) bond motifs is 1. The summed E-state index contributed by atoms with van der Waals surface area (Å²) in [7, 11) is 0. The van der Waals surface area contributed by atoms with E-state index in [1.54, 1.807) is 4.90 Å². The lowest BCUT2D eigenvalue weighted by Gasteiger charge is -2.26. The van der Waals surface area contributed by atoms with Crippen molar-refractivity contribution in [2.75, 3.05) is 0 Å². The topological polar surface area (TPSA) is 82.3 Å². The van der Waals surface area contributed by atoms with Gasteiger partial charge in [-0.25, -0.2) is 0 Å². The van der Waals surface area contributed by atoms with Crippen molar-refractivity contribution in [1.82, 2.24) is 15.2 Å². The summed E-state index contributed by atoms with van der Waals surface area (Å²) in [6, 6.07) is 7.48. The molecule has 0 radical (unpaired) electrons. The Morgan fingerprint density at radius 2 is 2.00 bits per heavy atom. The number of nitrogens with zero attached hydrogens (tertiary/aromatic N) is 1. The summed E-state index contributed by atoms with van der Waals surface area (Å²) < 4.78 is 0. The summed E-state index contributed by atoms with van der Waals surface area (Å²) in [5, 5.41) is 3.42. The average molecular weight is 325 g/mol. The molecule has 0 unspecified atom stereocenters. The second-order valence-corrected chi connectivity index (χ2v) is 6.52. The molecule has 2 aliphatic rings. The van der Waals surface area contributed by atoms with Gasteiger partial charge in [0.25, 0.3) is 0 Å². The van der Waals surface area contributed by atoms with E-state index in [0.29, 0.717) is 12.8 Å². The molecule has 1 aliphatic carbocycles. The minimum Gasteiger partial charge on any atom is -0.361 e. The zero-order valence-electron chi connectivity index (χ0n) is 13.2. The molecular weight excluding hydrogens is 306 g/mol. The Bertz CT molecular complexity index is 822. The molecule has 0 spiro atoms. The minimum absolute atomic E-state index is 0.0439. The van der Waals surface area contributed by atoms with Crippen LogP contribution in [0.1, 0.15) is 31.2 Å². The van der Waals surface area contributed by atoms with Gasteiger partial charge in [0.15, 0.2) is 0 Å². The molecule has 2 heterocycles. The first-order valence-corrected chi connectivity index (χ1v) is 8.33. The molecule has 0 bridgehead atoms. The fraction of sp³-hybridized carbons (Fsp3) is 0.389. The summed E-state index contributed by atoms with van der Waals surface area (Å²) >= 11 is 0. The molecule has 2 aromatic rings. The maximum absolute atomic E-state index is 12.7. The van der Waals surface area contributed by atoms with Gasteiger partial charge in [0.05, 0.1) is 6.42 Å². The van der Waals surface area contributed by atoms with Crippen molar-refractivity contribution in [2.24, 2.45) is 0 Å². The van der Waals surface area contributed by atoms with Gasteiger partial charge >= 0.3 is 0 Å². The van der Waals surface area contributed by atoms with Crippen LogP contribution < -0.4 is 5.32 Å². The van der Waals surface area contributed by atoms with Crippen LogP contribution in [0.25, 0.3) is 10.9 Å². The number of imide groups is 1. The lowest BCUT2D eigenvalue weighted by atomic mass is 10.1. The molecule has 1 atom stereocenters. The molecule has 124 valence electrons. The molecule has 1 aromatic carbocycles. The van der Waals surface area contributed by atoms with E-state index in [2.05, 4.69) is 10.3 Å². The largest absolute Gasteiger partial charge is 0.361 e. The van der Waals surface area contributed by atoms with Gasteiger partial charge in [-0.15, -0.1) is 0 Å². The van der Waals surface area contributed by atoms with Gasteiger partial charge in [0.2, 0.25) is 17.7 Å². The number of carbonyl (C=O) groups excluding carboxylic acids is 3. The Hall–Kier alpha value is -2.63. The predicted molar refractivity (Wildman–Crippen MR) is 88.0 cm³/mol. The second kappa shape index (κ2) is 5.78. The van der Waals surface area contributed by atoms with E-state index < -0.39 is 6.04 Å². The van der Waals surface area contributed by atoms with Crippen LogP contribution in [0.4, 0.5) is 0 Å². The van der Waals surface area contributed by atoms with Crippen LogP contribution in [0, 0.1) is 0 Å². The van der Waals surface area contributed by atoms with E-state index in [4.69, 9.17) is 0 Å². The molecule has 1 saturated heterocycles. The number of nitrogens with one attached hydrogen (secondary N) is 2. The van der Waals surface area contributed by atoms with Crippen molar-refractivity contribution in [3.8, 4) is 0 Å². The number of benzene rings is 1. The Balaban J connectivity index is 1.48. The predicted octanol–water partition coefficient (Wildman–Crippen LogP) is 1.51. The summed E-state index contributed by atoms with van der Waals surface area (Å²) in [5.41, 5.74) is 2.15. The number of para-hydroxylation sites is 1.